The summed E-state index contributed by atoms with van der Waals surface area (Å²) in [7, 11) is -3.28. The van der Waals surface area contributed by atoms with Crippen LogP contribution in [0.3, 0.4) is 0 Å². The fourth-order valence-corrected chi connectivity index (χ4v) is 3.47. The number of nitrogens with two attached hydrogens (primary N) is 1. The molecule has 17 heavy (non-hydrogen) atoms. The Bertz CT molecular complexity index is 386. The van der Waals surface area contributed by atoms with E-state index in [0.29, 0.717) is 37.7 Å². The first-order valence-corrected chi connectivity index (χ1v) is 7.60. The first-order valence-electron chi connectivity index (χ1n) is 5.75. The third-order valence-electron chi connectivity index (χ3n) is 2.94. The van der Waals surface area contributed by atoms with Crippen LogP contribution in [-0.2, 0) is 10.2 Å². The molecule has 0 aromatic heterocycles. The predicted molar refractivity (Wildman–Crippen MR) is 69.9 cm³/mol. The lowest BCUT2D eigenvalue weighted by atomic mass is 10.3. The van der Waals surface area contributed by atoms with Crippen molar-refractivity contribution in [3.05, 3.63) is 0 Å². The molecule has 0 bridgehead atoms. The Morgan fingerprint density at radius 1 is 1.29 bits per heavy atom. The summed E-state index contributed by atoms with van der Waals surface area (Å²) in [6.07, 6.45) is 1.92. The van der Waals surface area contributed by atoms with Crippen LogP contribution in [0.5, 0.6) is 0 Å². The van der Waals surface area contributed by atoms with Gasteiger partial charge in [0.15, 0.2) is 0 Å². The van der Waals surface area contributed by atoms with Gasteiger partial charge in [0.25, 0.3) is 10.2 Å². The van der Waals surface area contributed by atoms with Gasteiger partial charge in [0.1, 0.15) is 0 Å². The maximum absolute atomic E-state index is 11.9. The molecule has 0 unspecified atom stereocenters. The van der Waals surface area contributed by atoms with Crippen molar-refractivity contribution in [1.82, 2.24) is 13.9 Å². The summed E-state index contributed by atoms with van der Waals surface area (Å²) >= 11 is 4.84. The molecule has 8 heteroatoms. The van der Waals surface area contributed by atoms with E-state index in [1.54, 1.807) is 0 Å². The van der Waals surface area contributed by atoms with E-state index in [2.05, 4.69) is 9.62 Å². The third-order valence-corrected chi connectivity index (χ3v) is 4.75. The molecule has 0 radical (unpaired) electrons. The molecule has 2 fully saturated rings. The van der Waals surface area contributed by atoms with Gasteiger partial charge in [-0.05, 0) is 12.8 Å². The number of nitrogens with one attached hydrogen (secondary N) is 1. The summed E-state index contributed by atoms with van der Waals surface area (Å²) in [5.41, 5.74) is 5.46. The number of hydrogen-bond donors (Lipinski definition) is 2. The Kier molecular flexibility index (Phi) is 3.99. The highest BCUT2D eigenvalue weighted by Crippen LogP contribution is 2.21. The smallest absolute Gasteiger partial charge is 0.279 e. The first kappa shape index (κ1) is 13.2. The predicted octanol–water partition coefficient (Wildman–Crippen LogP) is -1.11. The van der Waals surface area contributed by atoms with Crippen LogP contribution < -0.4 is 10.5 Å². The average Bonchev–Trinajstić information content (AvgIpc) is 3.01. The van der Waals surface area contributed by atoms with Crippen LogP contribution in [0.2, 0.25) is 0 Å². The second-order valence-corrected chi connectivity index (χ2v) is 6.77. The molecule has 1 heterocycles. The molecule has 6 nitrogen and oxygen atoms in total. The van der Waals surface area contributed by atoms with Gasteiger partial charge in [0, 0.05) is 38.8 Å². The minimum atomic E-state index is -3.28. The number of nitrogens with zero attached hydrogens (tertiary/aromatic N) is 2. The van der Waals surface area contributed by atoms with Crippen molar-refractivity contribution < 1.29 is 8.42 Å². The van der Waals surface area contributed by atoms with Crippen molar-refractivity contribution in [2.45, 2.75) is 18.9 Å². The Morgan fingerprint density at radius 2 is 1.88 bits per heavy atom. The van der Waals surface area contributed by atoms with Gasteiger partial charge < -0.3 is 5.73 Å². The Labute approximate surface area is 107 Å². The fourth-order valence-electron chi connectivity index (χ4n) is 1.83. The SMILES string of the molecule is NC(=S)CN1CCN(S(=O)(=O)NC2CC2)CC1. The third kappa shape index (κ3) is 3.85. The second-order valence-electron chi connectivity index (χ2n) is 4.54. The Hall–Kier alpha value is -0.280. The van der Waals surface area contributed by atoms with E-state index in [1.165, 1.54) is 4.31 Å². The molecule has 1 saturated heterocycles. The molecule has 1 saturated carbocycles. The number of thiocarbonyl (C=S) groups is 1. The highest BCUT2D eigenvalue weighted by molar-refractivity contribution is 7.87. The lowest BCUT2D eigenvalue weighted by molar-refractivity contribution is 0.208. The lowest BCUT2D eigenvalue weighted by Gasteiger charge is -2.33. The standard InChI is InChI=1S/C9H18N4O2S2/c10-9(16)7-12-3-5-13(6-4-12)17(14,15)11-8-1-2-8/h8,11H,1-7H2,(H2,10,16). The van der Waals surface area contributed by atoms with Crippen LogP contribution in [0.1, 0.15) is 12.8 Å². The van der Waals surface area contributed by atoms with Crippen molar-refractivity contribution in [3.8, 4) is 0 Å². The van der Waals surface area contributed by atoms with Crippen LogP contribution in [0, 0.1) is 0 Å². The lowest BCUT2D eigenvalue weighted by Crippen LogP contribution is -2.53. The van der Waals surface area contributed by atoms with E-state index in [0.717, 1.165) is 12.8 Å². The molecule has 0 aromatic rings. The van der Waals surface area contributed by atoms with Gasteiger partial charge in [-0.3, -0.25) is 4.90 Å². The molecule has 3 N–H and O–H groups in total. The Morgan fingerprint density at radius 3 is 2.35 bits per heavy atom. The van der Waals surface area contributed by atoms with Crippen LogP contribution >= 0.6 is 12.2 Å². The quantitative estimate of drug-likeness (QED) is 0.623. The number of piperazine rings is 1. The summed E-state index contributed by atoms with van der Waals surface area (Å²) in [6.45, 7) is 2.94. The van der Waals surface area contributed by atoms with Crippen LogP contribution in [0.25, 0.3) is 0 Å². The zero-order valence-electron chi connectivity index (χ0n) is 9.63. The number of hydrogen-bond acceptors (Lipinski definition) is 4. The molecule has 0 atom stereocenters. The van der Waals surface area contributed by atoms with Crippen molar-refractivity contribution in [2.24, 2.45) is 5.73 Å². The topological polar surface area (TPSA) is 78.7 Å². The van der Waals surface area contributed by atoms with Crippen molar-refractivity contribution >= 4 is 27.4 Å². The molecule has 2 rings (SSSR count). The van der Waals surface area contributed by atoms with Crippen molar-refractivity contribution in [3.63, 3.8) is 0 Å². The molecule has 1 aliphatic heterocycles. The summed E-state index contributed by atoms with van der Waals surface area (Å²) < 4.78 is 28.0. The molecule has 2 aliphatic rings. The summed E-state index contributed by atoms with van der Waals surface area (Å²) in [6, 6.07) is 0.162. The Balaban J connectivity index is 1.83. The van der Waals surface area contributed by atoms with Crippen molar-refractivity contribution in [2.75, 3.05) is 32.7 Å². The van der Waals surface area contributed by atoms with Gasteiger partial charge in [-0.25, -0.2) is 0 Å². The van der Waals surface area contributed by atoms with Gasteiger partial charge >= 0.3 is 0 Å². The average molecular weight is 278 g/mol. The molecular formula is C9H18N4O2S2. The summed E-state index contributed by atoms with van der Waals surface area (Å²) in [4.78, 5) is 2.53. The number of rotatable bonds is 5. The van der Waals surface area contributed by atoms with Gasteiger partial charge in [0.05, 0.1) is 4.99 Å². The van der Waals surface area contributed by atoms with Crippen molar-refractivity contribution in [1.29, 1.82) is 0 Å². The summed E-state index contributed by atoms with van der Waals surface area (Å²) in [5.74, 6) is 0. The maximum Gasteiger partial charge on any atom is 0.279 e. The largest absolute Gasteiger partial charge is 0.392 e. The normalized spacial score (nSPS) is 23.8. The van der Waals surface area contributed by atoms with Crippen LogP contribution in [0.15, 0.2) is 0 Å². The molecule has 0 aromatic carbocycles. The highest BCUT2D eigenvalue weighted by atomic mass is 32.2. The molecule has 0 amide bonds. The highest BCUT2D eigenvalue weighted by Gasteiger charge is 2.32. The van der Waals surface area contributed by atoms with E-state index in [-0.39, 0.29) is 6.04 Å². The minimum absolute atomic E-state index is 0.162. The van der Waals surface area contributed by atoms with E-state index in [9.17, 15) is 8.42 Å². The summed E-state index contributed by atoms with van der Waals surface area (Å²) in [5, 5.41) is 0. The van der Waals surface area contributed by atoms with E-state index in [4.69, 9.17) is 18.0 Å². The zero-order valence-corrected chi connectivity index (χ0v) is 11.3. The van der Waals surface area contributed by atoms with Crippen LogP contribution in [0.4, 0.5) is 0 Å². The fraction of sp³-hybridized carbons (Fsp3) is 0.889. The molecule has 98 valence electrons. The van der Waals surface area contributed by atoms with Gasteiger partial charge in [-0.1, -0.05) is 12.2 Å². The zero-order chi connectivity index (χ0) is 12.5. The maximum atomic E-state index is 11.9. The first-order chi connectivity index (χ1) is 7.97. The van der Waals surface area contributed by atoms with Crippen LogP contribution in [-0.4, -0.2) is 61.4 Å². The van der Waals surface area contributed by atoms with E-state index in [1.807, 2.05) is 0 Å². The second kappa shape index (κ2) is 5.15. The monoisotopic (exact) mass is 278 g/mol. The molecule has 1 aliphatic carbocycles. The van der Waals surface area contributed by atoms with Gasteiger partial charge in [-0.15, -0.1) is 0 Å². The van der Waals surface area contributed by atoms with Gasteiger partial charge in [-0.2, -0.15) is 17.4 Å². The molecular weight excluding hydrogens is 260 g/mol. The van der Waals surface area contributed by atoms with Gasteiger partial charge in [0.2, 0.25) is 0 Å². The molecule has 0 spiro atoms. The van der Waals surface area contributed by atoms with E-state index < -0.39 is 10.2 Å². The minimum Gasteiger partial charge on any atom is -0.392 e. The van der Waals surface area contributed by atoms with E-state index >= 15 is 0 Å².